The van der Waals surface area contributed by atoms with E-state index in [9.17, 15) is 9.90 Å². The van der Waals surface area contributed by atoms with Gasteiger partial charge in [0.2, 0.25) is 0 Å². The largest absolute Gasteiger partial charge is 0.394 e. The summed E-state index contributed by atoms with van der Waals surface area (Å²) in [6.07, 6.45) is 2.04. The van der Waals surface area contributed by atoms with Crippen LogP contribution in [0.5, 0.6) is 0 Å². The number of pyridine rings is 1. The van der Waals surface area contributed by atoms with Crippen molar-refractivity contribution < 1.29 is 5.11 Å². The fraction of sp³-hybridized carbons (Fsp3) is 0.208. The van der Waals surface area contributed by atoms with Gasteiger partial charge in [-0.2, -0.15) is 0 Å². The first-order valence-corrected chi connectivity index (χ1v) is 10.8. The van der Waals surface area contributed by atoms with E-state index in [1.54, 1.807) is 19.3 Å². The summed E-state index contributed by atoms with van der Waals surface area (Å²) in [5.41, 5.74) is 10.7. The van der Waals surface area contributed by atoms with Crippen LogP contribution < -0.4 is 16.6 Å². The molecule has 8 nitrogen and oxygen atoms in total. The second-order valence-electron chi connectivity index (χ2n) is 7.80. The number of aryl methyl sites for hydroxylation is 1. The number of nitrogens with one attached hydrogen (secondary N) is 3. The first kappa shape index (κ1) is 22.6. The van der Waals surface area contributed by atoms with E-state index < -0.39 is 0 Å². The Bertz CT molecular complexity index is 1390. The van der Waals surface area contributed by atoms with Gasteiger partial charge in [0.15, 0.2) is 0 Å². The van der Waals surface area contributed by atoms with Crippen LogP contribution in [0, 0.1) is 6.92 Å². The first-order valence-electron chi connectivity index (χ1n) is 10.5. The Morgan fingerprint density at radius 2 is 2.09 bits per heavy atom. The number of aliphatic hydroxyl groups is 1. The van der Waals surface area contributed by atoms with E-state index in [4.69, 9.17) is 17.3 Å². The lowest BCUT2D eigenvalue weighted by Gasteiger charge is -2.19. The third-order valence-corrected chi connectivity index (χ3v) is 5.88. The summed E-state index contributed by atoms with van der Waals surface area (Å²) >= 11 is 6.29. The SMILES string of the molecule is CN=C(N)c1cc(C)c2nc(-c3c(NC(CO)Cc4ccccc4Cl)cc[nH]c3=O)[nH]c2c1. The second-order valence-corrected chi connectivity index (χ2v) is 8.21. The van der Waals surface area contributed by atoms with Crippen molar-refractivity contribution in [2.45, 2.75) is 19.4 Å². The molecule has 2 aromatic heterocycles. The maximum atomic E-state index is 12.8. The molecule has 0 saturated carbocycles. The van der Waals surface area contributed by atoms with Gasteiger partial charge in [-0.1, -0.05) is 29.8 Å². The van der Waals surface area contributed by atoms with Gasteiger partial charge in [-0.15, -0.1) is 0 Å². The van der Waals surface area contributed by atoms with Gasteiger partial charge in [0, 0.05) is 23.8 Å². The Morgan fingerprint density at radius 3 is 2.82 bits per heavy atom. The number of rotatable bonds is 7. The molecule has 0 bridgehead atoms. The molecule has 9 heteroatoms. The van der Waals surface area contributed by atoms with Crippen molar-refractivity contribution in [2.75, 3.05) is 19.0 Å². The minimum atomic E-state index is -0.358. The molecule has 4 rings (SSSR count). The molecule has 0 aliphatic carbocycles. The maximum Gasteiger partial charge on any atom is 0.261 e. The van der Waals surface area contributed by atoms with Crippen molar-refractivity contribution in [3.8, 4) is 11.4 Å². The molecule has 0 amide bonds. The van der Waals surface area contributed by atoms with Crippen LogP contribution in [0.1, 0.15) is 16.7 Å². The summed E-state index contributed by atoms with van der Waals surface area (Å²) in [6.45, 7) is 1.79. The Hall–Kier alpha value is -3.62. The maximum absolute atomic E-state index is 12.8. The van der Waals surface area contributed by atoms with E-state index in [-0.39, 0.29) is 18.2 Å². The third-order valence-electron chi connectivity index (χ3n) is 5.52. The standard InChI is InChI=1S/C24H25ClN6O2/c1-13-9-15(22(26)27-2)11-19-21(13)31-23(30-19)20-18(7-8-28-24(20)33)29-16(12-32)10-14-5-3-4-6-17(14)25/h3-9,11,16,32H,10,12H2,1-2H3,(H2,26,27)(H,30,31)(H2,28,29,33). The molecule has 0 saturated heterocycles. The van der Waals surface area contributed by atoms with E-state index in [2.05, 4.69) is 25.3 Å². The van der Waals surface area contributed by atoms with Crippen LogP contribution in [0.2, 0.25) is 5.02 Å². The first-order chi connectivity index (χ1) is 15.9. The minimum absolute atomic E-state index is 0.143. The highest BCUT2D eigenvalue weighted by Crippen LogP contribution is 2.27. The van der Waals surface area contributed by atoms with Crippen LogP contribution in [0.3, 0.4) is 0 Å². The Balaban J connectivity index is 1.74. The van der Waals surface area contributed by atoms with Crippen molar-refractivity contribution in [1.82, 2.24) is 15.0 Å². The van der Waals surface area contributed by atoms with Crippen molar-refractivity contribution in [3.05, 3.63) is 80.7 Å². The highest BCUT2D eigenvalue weighted by atomic mass is 35.5. The zero-order chi connectivity index (χ0) is 23.5. The van der Waals surface area contributed by atoms with Crippen molar-refractivity contribution >= 4 is 34.2 Å². The number of imidazole rings is 1. The second kappa shape index (κ2) is 9.48. The molecular formula is C24H25ClN6O2. The van der Waals surface area contributed by atoms with Gasteiger partial charge >= 0.3 is 0 Å². The van der Waals surface area contributed by atoms with Crippen molar-refractivity contribution in [3.63, 3.8) is 0 Å². The molecule has 0 aliphatic heterocycles. The van der Waals surface area contributed by atoms with Crippen LogP contribution in [0.4, 0.5) is 5.69 Å². The summed E-state index contributed by atoms with van der Waals surface area (Å²) in [4.78, 5) is 27.5. The number of halogens is 1. The minimum Gasteiger partial charge on any atom is -0.394 e. The molecule has 1 unspecified atom stereocenters. The molecule has 33 heavy (non-hydrogen) atoms. The summed E-state index contributed by atoms with van der Waals surface area (Å²) in [5, 5.41) is 13.9. The number of aliphatic hydroxyl groups excluding tert-OH is 1. The molecule has 0 spiro atoms. The lowest BCUT2D eigenvalue weighted by atomic mass is 10.1. The fourth-order valence-corrected chi connectivity index (χ4v) is 4.04. The number of hydrogen-bond donors (Lipinski definition) is 5. The number of aromatic amines is 2. The van der Waals surface area contributed by atoms with Gasteiger partial charge in [0.05, 0.1) is 29.4 Å². The normalized spacial score (nSPS) is 12.8. The molecule has 0 radical (unpaired) electrons. The van der Waals surface area contributed by atoms with Crippen LogP contribution in [-0.2, 0) is 6.42 Å². The molecule has 0 fully saturated rings. The molecular weight excluding hydrogens is 440 g/mol. The summed E-state index contributed by atoms with van der Waals surface area (Å²) in [7, 11) is 1.63. The molecule has 1 atom stereocenters. The van der Waals surface area contributed by atoms with Crippen LogP contribution >= 0.6 is 11.6 Å². The highest BCUT2D eigenvalue weighted by molar-refractivity contribution is 6.31. The number of fused-ring (bicyclic) bond motifs is 1. The van der Waals surface area contributed by atoms with E-state index >= 15 is 0 Å². The van der Waals surface area contributed by atoms with E-state index in [0.717, 1.165) is 27.7 Å². The topological polar surface area (TPSA) is 132 Å². The number of amidine groups is 1. The predicted octanol–water partition coefficient (Wildman–Crippen LogP) is 3.23. The number of nitrogens with two attached hydrogens (primary N) is 1. The lowest BCUT2D eigenvalue weighted by Crippen LogP contribution is -2.28. The molecule has 170 valence electrons. The Kier molecular flexibility index (Phi) is 6.48. The van der Waals surface area contributed by atoms with Gasteiger partial charge < -0.3 is 26.1 Å². The van der Waals surface area contributed by atoms with Crippen LogP contribution in [0.25, 0.3) is 22.4 Å². The lowest BCUT2D eigenvalue weighted by molar-refractivity contribution is 0.274. The van der Waals surface area contributed by atoms with Crippen molar-refractivity contribution in [2.24, 2.45) is 10.7 Å². The number of aliphatic imine (C=N–C) groups is 1. The molecule has 0 aliphatic rings. The van der Waals surface area contributed by atoms with Crippen LogP contribution in [0.15, 0.2) is 58.4 Å². The zero-order valence-corrected chi connectivity index (χ0v) is 19.1. The molecule has 4 aromatic rings. The van der Waals surface area contributed by atoms with Crippen molar-refractivity contribution in [1.29, 1.82) is 0 Å². The summed E-state index contributed by atoms with van der Waals surface area (Å²) in [5.74, 6) is 0.831. The van der Waals surface area contributed by atoms with Gasteiger partial charge in [-0.25, -0.2) is 4.98 Å². The molecule has 6 N–H and O–H groups in total. The summed E-state index contributed by atoms with van der Waals surface area (Å²) < 4.78 is 0. The predicted molar refractivity (Wildman–Crippen MR) is 133 cm³/mol. The number of anilines is 1. The number of aromatic nitrogens is 3. The van der Waals surface area contributed by atoms with Gasteiger partial charge in [-0.3, -0.25) is 9.79 Å². The van der Waals surface area contributed by atoms with E-state index in [1.165, 1.54) is 0 Å². The van der Waals surface area contributed by atoms with Gasteiger partial charge in [0.1, 0.15) is 17.2 Å². The fourth-order valence-electron chi connectivity index (χ4n) is 3.83. The van der Waals surface area contributed by atoms with Gasteiger partial charge in [-0.05, 0) is 48.7 Å². The van der Waals surface area contributed by atoms with Crippen LogP contribution in [-0.4, -0.2) is 45.6 Å². The molecule has 2 aromatic carbocycles. The zero-order valence-electron chi connectivity index (χ0n) is 18.3. The quantitative estimate of drug-likeness (QED) is 0.211. The average molecular weight is 465 g/mol. The Morgan fingerprint density at radius 1 is 1.30 bits per heavy atom. The smallest absolute Gasteiger partial charge is 0.261 e. The van der Waals surface area contributed by atoms with E-state index in [1.807, 2.05) is 43.3 Å². The Labute approximate surface area is 195 Å². The monoisotopic (exact) mass is 464 g/mol. The third kappa shape index (κ3) is 4.62. The number of nitrogens with zero attached hydrogens (tertiary/aromatic N) is 2. The summed E-state index contributed by atoms with van der Waals surface area (Å²) in [6, 6.07) is 12.6. The van der Waals surface area contributed by atoms with Gasteiger partial charge in [0.25, 0.3) is 5.56 Å². The average Bonchev–Trinajstić information content (AvgIpc) is 3.23. The highest BCUT2D eigenvalue weighted by Gasteiger charge is 2.19. The van der Waals surface area contributed by atoms with E-state index in [0.29, 0.717) is 34.4 Å². The number of benzene rings is 2. The molecule has 2 heterocycles. The number of H-pyrrole nitrogens is 2. The number of hydrogen-bond acceptors (Lipinski definition) is 5.